The molecule has 0 aliphatic rings. The highest BCUT2D eigenvalue weighted by Gasteiger charge is 2.21. The van der Waals surface area contributed by atoms with Crippen LogP contribution in [0.25, 0.3) is 17.0 Å². The molecule has 3 aromatic rings. The maximum Gasteiger partial charge on any atom is 0.251 e. The maximum atomic E-state index is 13.7. The molecule has 0 saturated heterocycles. The molecule has 0 bridgehead atoms. The highest BCUT2D eigenvalue weighted by molar-refractivity contribution is 9.10. The molecule has 0 amide bonds. The lowest BCUT2D eigenvalue weighted by molar-refractivity contribution is 0.0734. The van der Waals surface area contributed by atoms with Crippen molar-refractivity contribution in [3.8, 4) is 17.0 Å². The number of aliphatic hydroxyl groups is 1. The van der Waals surface area contributed by atoms with E-state index in [1.54, 1.807) is 26.1 Å². The topological polar surface area (TPSA) is 72.5 Å². The number of ether oxygens (including phenoxy) is 1. The molecule has 2 heterocycles. The molecule has 0 spiro atoms. The number of hydrogen-bond acceptors (Lipinski definition) is 5. The van der Waals surface area contributed by atoms with Gasteiger partial charge in [0.15, 0.2) is 0 Å². The van der Waals surface area contributed by atoms with Crippen LogP contribution in [0.5, 0.6) is 5.75 Å². The zero-order valence-electron chi connectivity index (χ0n) is 12.7. The second-order valence-corrected chi connectivity index (χ2v) is 6.38. The Morgan fingerprint density at radius 3 is 2.70 bits per heavy atom. The standard InChI is InChI=1S/C15H14BrFN4O2/c1-15(2,22)13-7-19-21-11(6-18-14(21)20-13)8-4-9(16)10(17)5-12(8)23-3/h4-7,22H,1-3H3. The lowest BCUT2D eigenvalue weighted by atomic mass is 10.1. The van der Waals surface area contributed by atoms with Crippen LogP contribution in [0.15, 0.2) is 29.0 Å². The molecule has 0 fully saturated rings. The molecule has 8 heteroatoms. The van der Waals surface area contributed by atoms with E-state index in [1.165, 1.54) is 23.9 Å². The van der Waals surface area contributed by atoms with E-state index in [0.29, 0.717) is 33.0 Å². The third-order valence-corrected chi connectivity index (χ3v) is 3.99. The van der Waals surface area contributed by atoms with Gasteiger partial charge in [-0.2, -0.15) is 9.61 Å². The number of halogens is 2. The Morgan fingerprint density at radius 2 is 2.04 bits per heavy atom. The largest absolute Gasteiger partial charge is 0.496 e. The summed E-state index contributed by atoms with van der Waals surface area (Å²) in [4.78, 5) is 8.51. The van der Waals surface area contributed by atoms with E-state index in [2.05, 4.69) is 31.0 Å². The van der Waals surface area contributed by atoms with Crippen molar-refractivity contribution in [1.82, 2.24) is 19.6 Å². The van der Waals surface area contributed by atoms with E-state index in [9.17, 15) is 9.50 Å². The number of benzene rings is 1. The Balaban J connectivity index is 2.20. The first-order valence-corrected chi connectivity index (χ1v) is 7.57. The lowest BCUT2D eigenvalue weighted by Gasteiger charge is -2.15. The average Bonchev–Trinajstić information content (AvgIpc) is 2.91. The number of fused-ring (bicyclic) bond motifs is 1. The van der Waals surface area contributed by atoms with Crippen molar-refractivity contribution in [2.24, 2.45) is 0 Å². The van der Waals surface area contributed by atoms with Gasteiger partial charge in [-0.3, -0.25) is 0 Å². The summed E-state index contributed by atoms with van der Waals surface area (Å²) in [6.07, 6.45) is 3.05. The summed E-state index contributed by atoms with van der Waals surface area (Å²) in [5.41, 5.74) is 0.526. The Kier molecular flexibility index (Phi) is 3.81. The minimum absolute atomic E-state index is 0.310. The lowest BCUT2D eigenvalue weighted by Crippen LogP contribution is -2.19. The fraction of sp³-hybridized carbons (Fsp3) is 0.267. The van der Waals surface area contributed by atoms with Crippen LogP contribution in [0.2, 0.25) is 0 Å². The normalized spacial score (nSPS) is 11.9. The van der Waals surface area contributed by atoms with Crippen LogP contribution in [-0.2, 0) is 5.60 Å². The molecule has 0 radical (unpaired) electrons. The van der Waals surface area contributed by atoms with Crippen LogP contribution in [-0.4, -0.2) is 31.8 Å². The van der Waals surface area contributed by atoms with Crippen LogP contribution in [0, 0.1) is 5.82 Å². The Labute approximate surface area is 140 Å². The van der Waals surface area contributed by atoms with Crippen LogP contribution in [0.4, 0.5) is 4.39 Å². The van der Waals surface area contributed by atoms with E-state index in [-0.39, 0.29) is 0 Å². The Bertz CT molecular complexity index is 889. The van der Waals surface area contributed by atoms with E-state index in [4.69, 9.17) is 4.74 Å². The van der Waals surface area contributed by atoms with Gasteiger partial charge < -0.3 is 9.84 Å². The van der Waals surface area contributed by atoms with Crippen LogP contribution >= 0.6 is 15.9 Å². The smallest absolute Gasteiger partial charge is 0.251 e. The Hall–Kier alpha value is -2.06. The third-order valence-electron chi connectivity index (χ3n) is 3.38. The van der Waals surface area contributed by atoms with Crippen LogP contribution in [0.3, 0.4) is 0 Å². The quantitative estimate of drug-likeness (QED) is 0.756. The van der Waals surface area contributed by atoms with Gasteiger partial charge in [-0.05, 0) is 35.8 Å². The van der Waals surface area contributed by atoms with Crippen molar-refractivity contribution in [3.63, 3.8) is 0 Å². The summed E-state index contributed by atoms with van der Waals surface area (Å²) >= 11 is 3.17. The molecular formula is C15H14BrFN4O2. The molecule has 2 aromatic heterocycles. The van der Waals surface area contributed by atoms with Gasteiger partial charge in [0.2, 0.25) is 0 Å². The van der Waals surface area contributed by atoms with Crippen molar-refractivity contribution in [3.05, 3.63) is 40.5 Å². The molecule has 0 atom stereocenters. The van der Waals surface area contributed by atoms with Gasteiger partial charge in [0.05, 0.1) is 35.4 Å². The van der Waals surface area contributed by atoms with Crippen molar-refractivity contribution in [1.29, 1.82) is 0 Å². The SMILES string of the molecule is COc1cc(F)c(Br)cc1-c1cnc2nc(C(C)(C)O)cnn12. The van der Waals surface area contributed by atoms with Crippen molar-refractivity contribution in [2.45, 2.75) is 19.4 Å². The third kappa shape index (κ3) is 2.79. The summed E-state index contributed by atoms with van der Waals surface area (Å²) in [7, 11) is 1.47. The van der Waals surface area contributed by atoms with Gasteiger partial charge in [0.25, 0.3) is 5.78 Å². The number of imidazole rings is 1. The first-order valence-electron chi connectivity index (χ1n) is 6.78. The first kappa shape index (κ1) is 15.8. The van der Waals surface area contributed by atoms with Gasteiger partial charge >= 0.3 is 0 Å². The molecule has 0 aliphatic heterocycles. The molecule has 0 aliphatic carbocycles. The summed E-state index contributed by atoms with van der Waals surface area (Å²) in [6, 6.07) is 2.89. The van der Waals surface area contributed by atoms with Crippen molar-refractivity contribution in [2.75, 3.05) is 7.11 Å². The van der Waals surface area contributed by atoms with E-state index in [1.807, 2.05) is 0 Å². The zero-order chi connectivity index (χ0) is 16.8. The molecule has 23 heavy (non-hydrogen) atoms. The molecule has 120 valence electrons. The number of nitrogens with zero attached hydrogens (tertiary/aromatic N) is 4. The second-order valence-electron chi connectivity index (χ2n) is 5.52. The number of rotatable bonds is 3. The molecule has 3 rings (SSSR count). The van der Waals surface area contributed by atoms with Gasteiger partial charge in [-0.15, -0.1) is 0 Å². The van der Waals surface area contributed by atoms with Crippen LogP contribution in [0.1, 0.15) is 19.5 Å². The molecular weight excluding hydrogens is 367 g/mol. The monoisotopic (exact) mass is 380 g/mol. The maximum absolute atomic E-state index is 13.7. The summed E-state index contributed by atoms with van der Waals surface area (Å²) < 4.78 is 20.7. The summed E-state index contributed by atoms with van der Waals surface area (Å²) in [5.74, 6) is 0.276. The van der Waals surface area contributed by atoms with E-state index in [0.717, 1.165) is 0 Å². The van der Waals surface area contributed by atoms with E-state index >= 15 is 0 Å². The highest BCUT2D eigenvalue weighted by Crippen LogP contribution is 2.34. The highest BCUT2D eigenvalue weighted by atomic mass is 79.9. The van der Waals surface area contributed by atoms with Gasteiger partial charge in [0, 0.05) is 11.6 Å². The molecule has 0 saturated carbocycles. The minimum atomic E-state index is -1.11. The molecule has 1 N–H and O–H groups in total. The fourth-order valence-corrected chi connectivity index (χ4v) is 2.49. The zero-order valence-corrected chi connectivity index (χ0v) is 14.3. The van der Waals surface area contributed by atoms with E-state index < -0.39 is 11.4 Å². The second kappa shape index (κ2) is 5.54. The average molecular weight is 381 g/mol. The predicted octanol–water partition coefficient (Wildman–Crippen LogP) is 2.93. The first-order chi connectivity index (χ1) is 10.8. The van der Waals surface area contributed by atoms with Crippen molar-refractivity contribution < 1.29 is 14.2 Å². The molecule has 1 aromatic carbocycles. The number of aromatic nitrogens is 4. The summed E-state index contributed by atoms with van der Waals surface area (Å²) in [6.45, 7) is 3.24. The minimum Gasteiger partial charge on any atom is -0.496 e. The van der Waals surface area contributed by atoms with Gasteiger partial charge in [-0.25, -0.2) is 14.4 Å². The fourth-order valence-electron chi connectivity index (χ4n) is 2.15. The Morgan fingerprint density at radius 1 is 1.30 bits per heavy atom. The summed E-state index contributed by atoms with van der Waals surface area (Å²) in [5, 5.41) is 14.3. The van der Waals surface area contributed by atoms with Crippen molar-refractivity contribution >= 4 is 21.7 Å². The predicted molar refractivity (Wildman–Crippen MR) is 85.7 cm³/mol. The number of methoxy groups -OCH3 is 1. The van der Waals surface area contributed by atoms with Crippen LogP contribution < -0.4 is 4.74 Å². The number of hydrogen-bond donors (Lipinski definition) is 1. The molecule has 0 unspecified atom stereocenters. The molecule has 6 nitrogen and oxygen atoms in total. The van der Waals surface area contributed by atoms with Gasteiger partial charge in [0.1, 0.15) is 17.2 Å². The van der Waals surface area contributed by atoms with Gasteiger partial charge in [-0.1, -0.05) is 0 Å².